The zero-order chi connectivity index (χ0) is 13.9. The predicted octanol–water partition coefficient (Wildman–Crippen LogP) is 3.09. The van der Waals surface area contributed by atoms with Crippen molar-refractivity contribution in [3.05, 3.63) is 48.3 Å². The quantitative estimate of drug-likeness (QED) is 0.924. The van der Waals surface area contributed by atoms with Gasteiger partial charge in [-0.05, 0) is 25.2 Å². The van der Waals surface area contributed by atoms with Crippen LogP contribution in [0, 0.1) is 0 Å². The van der Waals surface area contributed by atoms with Gasteiger partial charge in [-0.3, -0.25) is 0 Å². The van der Waals surface area contributed by atoms with Crippen molar-refractivity contribution in [1.29, 1.82) is 0 Å². The third-order valence-electron chi connectivity index (χ3n) is 2.81. The lowest BCUT2D eigenvalue weighted by Gasteiger charge is -2.19. The van der Waals surface area contributed by atoms with E-state index in [0.717, 1.165) is 5.69 Å². The number of nitrogens with zero attached hydrogens (tertiary/aromatic N) is 2. The van der Waals surface area contributed by atoms with Gasteiger partial charge >= 0.3 is 6.18 Å². The molecule has 0 saturated heterocycles. The molecule has 0 radical (unpaired) electrons. The van der Waals surface area contributed by atoms with Gasteiger partial charge in [0.05, 0.1) is 23.8 Å². The molecule has 0 amide bonds. The van der Waals surface area contributed by atoms with Gasteiger partial charge in [0.15, 0.2) is 0 Å². The second-order valence-corrected chi connectivity index (χ2v) is 4.16. The highest BCUT2D eigenvalue weighted by atomic mass is 19.4. The summed E-state index contributed by atoms with van der Waals surface area (Å²) in [6.07, 6.45) is -3.65. The lowest BCUT2D eigenvalue weighted by Crippen LogP contribution is -2.25. The highest BCUT2D eigenvalue weighted by Crippen LogP contribution is 2.29. The van der Waals surface area contributed by atoms with Gasteiger partial charge in [0, 0.05) is 6.20 Å². The Balaban J connectivity index is 2.33. The number of para-hydroxylation sites is 1. The van der Waals surface area contributed by atoms with E-state index in [2.05, 4.69) is 10.4 Å². The molecule has 1 unspecified atom stereocenters. The van der Waals surface area contributed by atoms with Crippen LogP contribution in [0.1, 0.15) is 18.2 Å². The lowest BCUT2D eigenvalue weighted by molar-refractivity contribution is -0.140. The first-order valence-corrected chi connectivity index (χ1v) is 5.84. The molecule has 0 spiro atoms. The van der Waals surface area contributed by atoms with Crippen molar-refractivity contribution in [1.82, 2.24) is 15.1 Å². The zero-order valence-corrected chi connectivity index (χ0v) is 10.4. The summed E-state index contributed by atoms with van der Waals surface area (Å²) >= 11 is 0. The first kappa shape index (κ1) is 13.6. The van der Waals surface area contributed by atoms with Crippen molar-refractivity contribution in [2.24, 2.45) is 0 Å². The second-order valence-electron chi connectivity index (χ2n) is 4.16. The van der Waals surface area contributed by atoms with Crippen LogP contribution in [-0.4, -0.2) is 23.0 Å². The molecular formula is C13H14F3N3. The van der Waals surface area contributed by atoms with Gasteiger partial charge in [-0.2, -0.15) is 18.3 Å². The SMILES string of the molecule is CNC(CC(F)(F)F)c1ccnn1-c1ccccc1. The van der Waals surface area contributed by atoms with Crippen LogP contribution in [0.25, 0.3) is 5.69 Å². The fourth-order valence-electron chi connectivity index (χ4n) is 1.95. The van der Waals surface area contributed by atoms with Crippen LogP contribution in [0.2, 0.25) is 0 Å². The molecule has 0 fully saturated rings. The summed E-state index contributed by atoms with van der Waals surface area (Å²) in [7, 11) is 1.51. The smallest absolute Gasteiger partial charge is 0.311 e. The summed E-state index contributed by atoms with van der Waals surface area (Å²) < 4.78 is 39.2. The Morgan fingerprint density at radius 2 is 1.89 bits per heavy atom. The van der Waals surface area contributed by atoms with E-state index in [-0.39, 0.29) is 0 Å². The Labute approximate surface area is 109 Å². The largest absolute Gasteiger partial charge is 0.390 e. The maximum atomic E-state index is 12.5. The van der Waals surface area contributed by atoms with Crippen molar-refractivity contribution < 1.29 is 13.2 Å². The Morgan fingerprint density at radius 3 is 2.47 bits per heavy atom. The molecule has 1 aromatic carbocycles. The summed E-state index contributed by atoms with van der Waals surface area (Å²) in [5, 5.41) is 6.78. The van der Waals surface area contributed by atoms with Crippen molar-refractivity contribution in [3.63, 3.8) is 0 Å². The van der Waals surface area contributed by atoms with Crippen LogP contribution < -0.4 is 5.32 Å². The Hall–Kier alpha value is -1.82. The van der Waals surface area contributed by atoms with Gasteiger partial charge in [-0.1, -0.05) is 18.2 Å². The van der Waals surface area contributed by atoms with Crippen molar-refractivity contribution in [3.8, 4) is 5.69 Å². The molecule has 1 atom stereocenters. The fraction of sp³-hybridized carbons (Fsp3) is 0.308. The van der Waals surface area contributed by atoms with E-state index in [4.69, 9.17) is 0 Å². The van der Waals surface area contributed by atoms with Gasteiger partial charge in [0.2, 0.25) is 0 Å². The van der Waals surface area contributed by atoms with E-state index in [9.17, 15) is 13.2 Å². The third-order valence-corrected chi connectivity index (χ3v) is 2.81. The molecule has 6 heteroatoms. The van der Waals surface area contributed by atoms with E-state index < -0.39 is 18.6 Å². The van der Waals surface area contributed by atoms with Crippen LogP contribution in [0.3, 0.4) is 0 Å². The molecule has 0 aliphatic heterocycles. The fourth-order valence-corrected chi connectivity index (χ4v) is 1.95. The van der Waals surface area contributed by atoms with Crippen LogP contribution in [-0.2, 0) is 0 Å². The van der Waals surface area contributed by atoms with Crippen LogP contribution in [0.5, 0.6) is 0 Å². The molecule has 19 heavy (non-hydrogen) atoms. The van der Waals surface area contributed by atoms with Crippen molar-refractivity contribution in [2.45, 2.75) is 18.6 Å². The summed E-state index contributed by atoms with van der Waals surface area (Å²) in [6, 6.07) is 9.87. The molecule has 2 rings (SSSR count). The summed E-state index contributed by atoms with van der Waals surface area (Å²) in [5.74, 6) is 0. The molecule has 0 bridgehead atoms. The van der Waals surface area contributed by atoms with E-state index >= 15 is 0 Å². The van der Waals surface area contributed by atoms with Gasteiger partial charge < -0.3 is 5.32 Å². The predicted molar refractivity (Wildman–Crippen MR) is 66.0 cm³/mol. The maximum Gasteiger partial charge on any atom is 0.390 e. The maximum absolute atomic E-state index is 12.5. The molecule has 1 N–H and O–H groups in total. The number of halogens is 3. The monoisotopic (exact) mass is 269 g/mol. The van der Waals surface area contributed by atoms with Gasteiger partial charge in [-0.25, -0.2) is 4.68 Å². The number of hydrogen-bond acceptors (Lipinski definition) is 2. The molecule has 3 nitrogen and oxygen atoms in total. The van der Waals surface area contributed by atoms with E-state index in [1.54, 1.807) is 18.2 Å². The van der Waals surface area contributed by atoms with Crippen molar-refractivity contribution >= 4 is 0 Å². The highest BCUT2D eigenvalue weighted by Gasteiger charge is 2.33. The number of benzene rings is 1. The van der Waals surface area contributed by atoms with E-state index in [0.29, 0.717) is 5.69 Å². The van der Waals surface area contributed by atoms with E-state index in [1.165, 1.54) is 17.9 Å². The number of rotatable bonds is 4. The van der Waals surface area contributed by atoms with E-state index in [1.807, 2.05) is 18.2 Å². The normalized spacial score (nSPS) is 13.5. The van der Waals surface area contributed by atoms with Gasteiger partial charge in [0.1, 0.15) is 0 Å². The zero-order valence-electron chi connectivity index (χ0n) is 10.4. The topological polar surface area (TPSA) is 29.9 Å². The third kappa shape index (κ3) is 3.35. The number of aromatic nitrogens is 2. The molecule has 2 aromatic rings. The van der Waals surface area contributed by atoms with Crippen molar-refractivity contribution in [2.75, 3.05) is 7.05 Å². The molecule has 102 valence electrons. The summed E-state index contributed by atoms with van der Waals surface area (Å²) in [4.78, 5) is 0. The minimum absolute atomic E-state index is 0.492. The molecule has 1 aromatic heterocycles. The second kappa shape index (κ2) is 5.44. The number of hydrogen-bond donors (Lipinski definition) is 1. The molecule has 0 saturated carbocycles. The Morgan fingerprint density at radius 1 is 1.21 bits per heavy atom. The standard InChI is InChI=1S/C13H14F3N3/c1-17-11(9-13(14,15)16)12-7-8-18-19(12)10-5-3-2-4-6-10/h2-8,11,17H,9H2,1H3. The minimum Gasteiger partial charge on any atom is -0.311 e. The number of nitrogens with one attached hydrogen (secondary N) is 1. The summed E-state index contributed by atoms with van der Waals surface area (Å²) in [6.45, 7) is 0. The van der Waals surface area contributed by atoms with Crippen LogP contribution in [0.4, 0.5) is 13.2 Å². The lowest BCUT2D eigenvalue weighted by atomic mass is 10.1. The van der Waals surface area contributed by atoms with Crippen LogP contribution in [0.15, 0.2) is 42.6 Å². The minimum atomic E-state index is -4.22. The molecule has 1 heterocycles. The first-order chi connectivity index (χ1) is 9.01. The first-order valence-electron chi connectivity index (χ1n) is 5.84. The number of alkyl halides is 3. The van der Waals surface area contributed by atoms with Gasteiger partial charge in [0.25, 0.3) is 0 Å². The average molecular weight is 269 g/mol. The summed E-state index contributed by atoms with van der Waals surface area (Å²) in [5.41, 5.74) is 1.23. The Kier molecular flexibility index (Phi) is 3.90. The molecular weight excluding hydrogens is 255 g/mol. The molecule has 0 aliphatic rings. The Bertz CT molecular complexity index is 519. The highest BCUT2D eigenvalue weighted by molar-refractivity contribution is 5.33. The van der Waals surface area contributed by atoms with Gasteiger partial charge in [-0.15, -0.1) is 0 Å². The molecule has 0 aliphatic carbocycles. The average Bonchev–Trinajstić information content (AvgIpc) is 2.85. The van der Waals surface area contributed by atoms with Crippen LogP contribution >= 0.6 is 0 Å².